The fourth-order valence-corrected chi connectivity index (χ4v) is 2.18. The lowest BCUT2D eigenvalue weighted by molar-refractivity contribution is -0.124. The molecule has 0 saturated carbocycles. The van der Waals surface area contributed by atoms with Gasteiger partial charge >= 0.3 is 5.69 Å². The summed E-state index contributed by atoms with van der Waals surface area (Å²) in [6, 6.07) is 1.39. The molecule has 0 amide bonds. The largest absolute Gasteiger partial charge is 0.393 e. The number of azide groups is 1. The molecule has 0 bridgehead atoms. The van der Waals surface area contributed by atoms with Crippen LogP contribution in [0.1, 0.15) is 6.23 Å². The smallest absolute Gasteiger partial charge is 0.351 e. The molecular weight excluding hydrogens is 313 g/mol. The van der Waals surface area contributed by atoms with Gasteiger partial charge in [-0.25, -0.2) is 9.18 Å². The Balaban J connectivity index is 2.32. The minimum atomic E-state index is -2.20. The number of hydrogen-bond donors (Lipinski definition) is 4. The van der Waals surface area contributed by atoms with Crippen molar-refractivity contribution in [3.63, 3.8) is 0 Å². The van der Waals surface area contributed by atoms with Crippen LogP contribution in [-0.4, -0.2) is 57.5 Å². The molecule has 126 valence electrons. The van der Waals surface area contributed by atoms with Gasteiger partial charge in [-0.3, -0.25) is 4.57 Å². The Morgan fingerprint density at radius 2 is 2.43 bits per heavy atom. The minimum Gasteiger partial charge on any atom is -0.393 e. The summed E-state index contributed by atoms with van der Waals surface area (Å²) in [5.41, 5.74) is 10.8. The van der Waals surface area contributed by atoms with Crippen LogP contribution in [0.4, 0.5) is 10.2 Å². The zero-order chi connectivity index (χ0) is 17.0. The van der Waals surface area contributed by atoms with Crippen LogP contribution in [0, 0.1) is 0 Å². The van der Waals surface area contributed by atoms with Crippen LogP contribution in [0.25, 0.3) is 10.4 Å². The topological polar surface area (TPSA) is 171 Å². The molecule has 2 heterocycles. The molecule has 2 rings (SSSR count). The molecule has 1 aromatic rings. The van der Waals surface area contributed by atoms with Crippen molar-refractivity contribution in [2.24, 2.45) is 10.8 Å². The van der Waals surface area contributed by atoms with Gasteiger partial charge in [0.15, 0.2) is 12.4 Å². The zero-order valence-electron chi connectivity index (χ0n) is 11.9. The van der Waals surface area contributed by atoms with Crippen LogP contribution in [0.5, 0.6) is 0 Å². The monoisotopic (exact) mass is 329 g/mol. The first-order chi connectivity index (χ1) is 11.0. The molecule has 1 fully saturated rings. The van der Waals surface area contributed by atoms with Gasteiger partial charge in [0.05, 0.1) is 6.61 Å². The standard InChI is InChI=1S/C11H16FN7O4/c12-7-8(21)11(5-20,17-18-14)23-9(7)19-4-1-6(15-3-2-13)16-10(19)22/h1,4,7-9,20-21H,2-3,5,13H2,(H,15,16,22)/t7-,8-,9+,11+/m0/s1. The van der Waals surface area contributed by atoms with Gasteiger partial charge in [-0.1, -0.05) is 5.11 Å². The Morgan fingerprint density at radius 3 is 3.00 bits per heavy atom. The Bertz CT molecular complexity index is 664. The molecule has 0 unspecified atom stereocenters. The Kier molecular flexibility index (Phi) is 5.13. The number of nitrogens with zero attached hydrogens (tertiary/aromatic N) is 5. The van der Waals surface area contributed by atoms with Crippen molar-refractivity contribution in [1.82, 2.24) is 9.55 Å². The zero-order valence-corrected chi connectivity index (χ0v) is 11.9. The highest BCUT2D eigenvalue weighted by molar-refractivity contribution is 5.31. The van der Waals surface area contributed by atoms with Crippen molar-refractivity contribution in [2.45, 2.75) is 24.2 Å². The van der Waals surface area contributed by atoms with Gasteiger partial charge in [0.1, 0.15) is 11.9 Å². The molecule has 0 aromatic carbocycles. The molecular formula is C11H16FN7O4. The molecule has 1 saturated heterocycles. The molecule has 0 radical (unpaired) electrons. The SMILES string of the molecule is [N-]=[N+]=N[C@]1(CO)O[C@@H](n2ccc(NCCN)nc2=O)[C@@H](F)[C@@H]1O. The minimum absolute atomic E-state index is 0.245. The quantitative estimate of drug-likeness (QED) is 0.289. The van der Waals surface area contributed by atoms with Gasteiger partial charge in [-0.05, 0) is 11.6 Å². The number of nitrogens with two attached hydrogens (primary N) is 1. The lowest BCUT2D eigenvalue weighted by Crippen LogP contribution is -2.43. The summed E-state index contributed by atoms with van der Waals surface area (Å²) in [5.74, 6) is 0.245. The first-order valence-corrected chi connectivity index (χ1v) is 6.69. The summed E-state index contributed by atoms with van der Waals surface area (Å²) in [7, 11) is 0. The predicted molar refractivity (Wildman–Crippen MR) is 76.0 cm³/mol. The van der Waals surface area contributed by atoms with E-state index in [4.69, 9.17) is 16.0 Å². The highest BCUT2D eigenvalue weighted by Gasteiger charge is 2.56. The molecule has 1 aliphatic rings. The maximum Gasteiger partial charge on any atom is 0.351 e. The predicted octanol–water partition coefficient (Wildman–Crippen LogP) is -1.16. The number of aliphatic hydroxyl groups excluding tert-OH is 2. The number of halogens is 1. The van der Waals surface area contributed by atoms with Crippen LogP contribution in [0.2, 0.25) is 0 Å². The van der Waals surface area contributed by atoms with E-state index in [9.17, 15) is 19.4 Å². The van der Waals surface area contributed by atoms with E-state index in [0.29, 0.717) is 13.1 Å². The summed E-state index contributed by atoms with van der Waals surface area (Å²) in [5, 5.41) is 25.0. The number of ether oxygens (including phenoxy) is 1. The third-order valence-corrected chi connectivity index (χ3v) is 3.36. The fourth-order valence-electron chi connectivity index (χ4n) is 2.18. The molecule has 23 heavy (non-hydrogen) atoms. The van der Waals surface area contributed by atoms with Gasteiger partial charge < -0.3 is 26.0 Å². The Morgan fingerprint density at radius 1 is 1.70 bits per heavy atom. The van der Waals surface area contributed by atoms with E-state index in [0.717, 1.165) is 4.57 Å². The van der Waals surface area contributed by atoms with Gasteiger partial charge in [0.25, 0.3) is 0 Å². The van der Waals surface area contributed by atoms with E-state index in [1.165, 1.54) is 12.3 Å². The van der Waals surface area contributed by atoms with Crippen molar-refractivity contribution in [2.75, 3.05) is 25.0 Å². The second-order valence-corrected chi connectivity index (χ2v) is 4.81. The van der Waals surface area contributed by atoms with E-state index in [1.807, 2.05) is 0 Å². The number of hydrogen-bond acceptors (Lipinski definition) is 8. The van der Waals surface area contributed by atoms with Crippen LogP contribution >= 0.6 is 0 Å². The number of anilines is 1. The van der Waals surface area contributed by atoms with Crippen LogP contribution in [0.3, 0.4) is 0 Å². The maximum absolute atomic E-state index is 14.3. The van der Waals surface area contributed by atoms with Crippen LogP contribution in [0.15, 0.2) is 22.2 Å². The van der Waals surface area contributed by atoms with Crippen LogP contribution in [-0.2, 0) is 4.74 Å². The normalized spacial score (nSPS) is 30.0. The number of aromatic nitrogens is 2. The third kappa shape index (κ3) is 3.11. The Labute approximate surface area is 129 Å². The van der Waals surface area contributed by atoms with E-state index in [-0.39, 0.29) is 5.82 Å². The van der Waals surface area contributed by atoms with Crippen molar-refractivity contribution >= 4 is 5.82 Å². The van der Waals surface area contributed by atoms with Gasteiger partial charge in [-0.15, -0.1) is 0 Å². The van der Waals surface area contributed by atoms with Crippen molar-refractivity contribution in [3.8, 4) is 0 Å². The summed E-state index contributed by atoms with van der Waals surface area (Å²) >= 11 is 0. The fraction of sp³-hybridized carbons (Fsp3) is 0.636. The lowest BCUT2D eigenvalue weighted by Gasteiger charge is -2.23. The van der Waals surface area contributed by atoms with Crippen molar-refractivity contribution in [1.29, 1.82) is 0 Å². The van der Waals surface area contributed by atoms with Crippen LogP contribution < -0.4 is 16.7 Å². The van der Waals surface area contributed by atoms with E-state index in [1.54, 1.807) is 0 Å². The molecule has 0 aliphatic carbocycles. The molecule has 0 spiro atoms. The second kappa shape index (κ2) is 6.89. The molecule has 11 nitrogen and oxygen atoms in total. The van der Waals surface area contributed by atoms with E-state index in [2.05, 4.69) is 20.3 Å². The van der Waals surface area contributed by atoms with E-state index >= 15 is 0 Å². The maximum atomic E-state index is 14.3. The van der Waals surface area contributed by atoms with Gasteiger partial charge in [0, 0.05) is 24.2 Å². The second-order valence-electron chi connectivity index (χ2n) is 4.81. The molecule has 5 N–H and O–H groups in total. The average Bonchev–Trinajstić information content (AvgIpc) is 2.79. The summed E-state index contributed by atoms with van der Waals surface area (Å²) < 4.78 is 20.2. The van der Waals surface area contributed by atoms with Crippen molar-refractivity contribution in [3.05, 3.63) is 33.2 Å². The Hall–Kier alpha value is -2.24. The van der Waals surface area contributed by atoms with Gasteiger partial charge in [0.2, 0.25) is 5.72 Å². The summed E-state index contributed by atoms with van der Waals surface area (Å²) in [4.78, 5) is 18.1. The molecule has 4 atom stereocenters. The highest BCUT2D eigenvalue weighted by atomic mass is 19.1. The first-order valence-electron chi connectivity index (χ1n) is 6.69. The number of alkyl halides is 1. The summed E-state index contributed by atoms with van der Waals surface area (Å²) in [6.07, 6.45) is -4.42. The number of aliphatic hydroxyl groups is 2. The lowest BCUT2D eigenvalue weighted by atomic mass is 10.1. The number of nitrogens with one attached hydrogen (secondary N) is 1. The molecule has 12 heteroatoms. The van der Waals surface area contributed by atoms with E-state index < -0.39 is 36.5 Å². The third-order valence-electron chi connectivity index (χ3n) is 3.36. The first kappa shape index (κ1) is 17.1. The molecule has 1 aromatic heterocycles. The average molecular weight is 329 g/mol. The van der Waals surface area contributed by atoms with Gasteiger partial charge in [-0.2, -0.15) is 4.98 Å². The molecule has 1 aliphatic heterocycles. The highest BCUT2D eigenvalue weighted by Crippen LogP contribution is 2.39. The number of rotatable bonds is 6. The van der Waals surface area contributed by atoms with Crippen molar-refractivity contribution < 1.29 is 19.3 Å². The summed E-state index contributed by atoms with van der Waals surface area (Å²) in [6.45, 7) is -0.223.